The molecule has 0 aromatic heterocycles. The van der Waals surface area contributed by atoms with Crippen LogP contribution in [0.25, 0.3) is 0 Å². The molecule has 0 saturated carbocycles. The number of ether oxygens (including phenoxy) is 1. The lowest BCUT2D eigenvalue weighted by Gasteiger charge is -2.22. The smallest absolute Gasteiger partial charge is 0.379 e. The monoisotopic (exact) mass is 360 g/mol. The molecule has 21 heavy (non-hydrogen) atoms. The normalized spacial score (nSPS) is 29.4. The van der Waals surface area contributed by atoms with Crippen LogP contribution in [0.4, 0.5) is 0 Å². The predicted octanol–water partition coefficient (Wildman–Crippen LogP) is 0.721. The minimum absolute atomic E-state index is 0.210. The average molecular weight is 360 g/mol. The van der Waals surface area contributed by atoms with Crippen molar-refractivity contribution in [2.24, 2.45) is 0 Å². The van der Waals surface area contributed by atoms with E-state index >= 15 is 0 Å². The van der Waals surface area contributed by atoms with Gasteiger partial charge in [0.15, 0.2) is 6.49 Å². The van der Waals surface area contributed by atoms with E-state index in [9.17, 15) is 9.46 Å². The van der Waals surface area contributed by atoms with Crippen molar-refractivity contribution < 1.29 is 33.0 Å². The first-order valence-corrected chi connectivity index (χ1v) is 11.4. The van der Waals surface area contributed by atoms with Crippen molar-refractivity contribution in [3.05, 3.63) is 0 Å². The second kappa shape index (κ2) is 8.53. The summed E-state index contributed by atoms with van der Waals surface area (Å²) in [5.41, 5.74) is 0. The maximum absolute atomic E-state index is 10.7. The van der Waals surface area contributed by atoms with Crippen LogP contribution in [0, 0.1) is 0 Å². The fourth-order valence-corrected chi connectivity index (χ4v) is 4.63. The van der Waals surface area contributed by atoms with E-state index in [4.69, 9.17) is 30.9 Å². The van der Waals surface area contributed by atoms with Crippen LogP contribution in [-0.4, -0.2) is 53.5 Å². The average Bonchev–Trinajstić information content (AvgIpc) is 2.66. The van der Waals surface area contributed by atoms with Crippen LogP contribution in [0.1, 0.15) is 32.6 Å². The van der Waals surface area contributed by atoms with Crippen LogP contribution in [0.5, 0.6) is 0 Å². The molecule has 0 bridgehead atoms. The maximum Gasteiger partial charge on any atom is 0.469 e. The second-order valence-electron chi connectivity index (χ2n) is 5.20. The summed E-state index contributed by atoms with van der Waals surface area (Å²) >= 11 is 5.14. The van der Waals surface area contributed by atoms with Crippen LogP contribution in [-0.2, 0) is 30.2 Å². The first-order valence-electron chi connectivity index (χ1n) is 6.98. The summed E-state index contributed by atoms with van der Waals surface area (Å²) in [4.78, 5) is 27.5. The molecular formula is C10H23BO7P2S. The quantitative estimate of drug-likeness (QED) is 0.314. The summed E-state index contributed by atoms with van der Waals surface area (Å²) in [5.74, 6) is 0. The molecule has 3 N–H and O–H groups in total. The summed E-state index contributed by atoms with van der Waals surface area (Å²) in [7, 11) is -2.72. The molecule has 0 aromatic rings. The number of hydrogen-bond acceptors (Lipinski definition) is 5. The molecular weight excluding hydrogens is 337 g/mol. The molecule has 1 fully saturated rings. The molecule has 0 radical (unpaired) electrons. The maximum atomic E-state index is 10.7. The van der Waals surface area contributed by atoms with Crippen molar-refractivity contribution in [2.75, 3.05) is 12.8 Å². The summed E-state index contributed by atoms with van der Waals surface area (Å²) in [6.07, 6.45) is 2.90. The number of rotatable bonds is 9. The lowest BCUT2D eigenvalue weighted by Crippen LogP contribution is -2.23. The first kappa shape index (κ1) is 19.8. The third-order valence-electron chi connectivity index (χ3n) is 3.20. The molecule has 124 valence electrons. The Morgan fingerprint density at radius 2 is 2.05 bits per heavy atom. The Kier molecular flexibility index (Phi) is 8.02. The third-order valence-corrected chi connectivity index (χ3v) is 5.97. The molecule has 0 spiro atoms. The van der Waals surface area contributed by atoms with Crippen LogP contribution in [0.2, 0.25) is 0 Å². The van der Waals surface area contributed by atoms with Crippen molar-refractivity contribution in [2.45, 2.75) is 50.8 Å². The van der Waals surface area contributed by atoms with E-state index < -0.39 is 20.4 Å². The standard InChI is InChI=1S/C10H23BO7P2S/c1-2-3-4-5-19(12,21)18-9-6-8(17-10(9)11)7-16-20(13,14)15/h8-10H,2-7,11H2,1H3,(H,12,21)(H2,13,14,15)/t8-,9+,10+,19?/m0/s1. The Hall–Kier alpha value is 0.705. The molecule has 7 nitrogen and oxygen atoms in total. The van der Waals surface area contributed by atoms with Gasteiger partial charge in [0, 0.05) is 12.6 Å². The van der Waals surface area contributed by atoms with Gasteiger partial charge in [-0.3, -0.25) is 4.52 Å². The first-order chi connectivity index (χ1) is 9.63. The van der Waals surface area contributed by atoms with E-state index in [1.54, 1.807) is 7.85 Å². The summed E-state index contributed by atoms with van der Waals surface area (Å²) in [6.45, 7) is -0.968. The topological polar surface area (TPSA) is 105 Å². The second-order valence-corrected chi connectivity index (χ2v) is 10.1. The number of phosphoric ester groups is 1. The Morgan fingerprint density at radius 3 is 2.62 bits per heavy atom. The number of phosphoric acid groups is 1. The van der Waals surface area contributed by atoms with E-state index in [2.05, 4.69) is 11.4 Å². The largest absolute Gasteiger partial charge is 0.469 e. The van der Waals surface area contributed by atoms with Gasteiger partial charge in [-0.05, 0) is 18.2 Å². The van der Waals surface area contributed by atoms with Crippen molar-refractivity contribution >= 4 is 34.0 Å². The number of hydrogen-bond donors (Lipinski definition) is 3. The van der Waals surface area contributed by atoms with Crippen LogP contribution >= 0.6 is 14.3 Å². The molecule has 0 aromatic carbocycles. The van der Waals surface area contributed by atoms with Gasteiger partial charge in [-0.2, -0.15) is 0 Å². The van der Waals surface area contributed by atoms with Crippen LogP contribution in [0.15, 0.2) is 0 Å². The number of unbranched alkanes of at least 4 members (excludes halogenated alkanes) is 2. The minimum Gasteiger partial charge on any atom is -0.379 e. The van der Waals surface area contributed by atoms with Crippen molar-refractivity contribution in [1.82, 2.24) is 0 Å². The molecule has 0 aliphatic carbocycles. The zero-order valence-electron chi connectivity index (χ0n) is 12.3. The highest BCUT2D eigenvalue weighted by molar-refractivity contribution is 8.09. The minimum atomic E-state index is -4.50. The highest BCUT2D eigenvalue weighted by Crippen LogP contribution is 2.47. The van der Waals surface area contributed by atoms with Crippen LogP contribution in [0.3, 0.4) is 0 Å². The lowest BCUT2D eigenvalue weighted by molar-refractivity contribution is 0.0318. The molecule has 0 amide bonds. The Bertz CT molecular complexity index is 418. The lowest BCUT2D eigenvalue weighted by atomic mass is 9.95. The highest BCUT2D eigenvalue weighted by Gasteiger charge is 2.36. The van der Waals surface area contributed by atoms with Gasteiger partial charge in [0.25, 0.3) is 0 Å². The Morgan fingerprint density at radius 1 is 1.38 bits per heavy atom. The van der Waals surface area contributed by atoms with Crippen molar-refractivity contribution in [3.8, 4) is 0 Å². The van der Waals surface area contributed by atoms with Gasteiger partial charge in [-0.15, -0.1) is 0 Å². The fraction of sp³-hybridized carbons (Fsp3) is 1.00. The van der Waals surface area contributed by atoms with E-state index in [0.717, 1.165) is 19.3 Å². The van der Waals surface area contributed by atoms with E-state index in [0.29, 0.717) is 12.6 Å². The van der Waals surface area contributed by atoms with Gasteiger partial charge in [0.1, 0.15) is 7.85 Å². The highest BCUT2D eigenvalue weighted by atomic mass is 32.5. The summed E-state index contributed by atoms with van der Waals surface area (Å²) in [5, 5.41) is 0. The zero-order chi connectivity index (χ0) is 16.1. The third kappa shape index (κ3) is 8.21. The van der Waals surface area contributed by atoms with E-state index in [1.165, 1.54) is 0 Å². The molecule has 1 rings (SSSR count). The van der Waals surface area contributed by atoms with Gasteiger partial charge in [-0.1, -0.05) is 19.8 Å². The van der Waals surface area contributed by atoms with E-state index in [1.807, 2.05) is 0 Å². The molecule has 1 aliphatic rings. The van der Waals surface area contributed by atoms with Gasteiger partial charge in [0.2, 0.25) is 0 Å². The molecule has 11 heteroatoms. The molecule has 1 heterocycles. The molecule has 1 saturated heterocycles. The Labute approximate surface area is 131 Å². The summed E-state index contributed by atoms with van der Waals surface area (Å²) < 4.78 is 26.2. The van der Waals surface area contributed by atoms with Crippen LogP contribution < -0.4 is 0 Å². The zero-order valence-corrected chi connectivity index (χ0v) is 14.9. The van der Waals surface area contributed by atoms with Gasteiger partial charge >= 0.3 is 7.82 Å². The van der Waals surface area contributed by atoms with Gasteiger partial charge < -0.3 is 23.9 Å². The molecule has 1 unspecified atom stereocenters. The summed E-state index contributed by atoms with van der Waals surface area (Å²) in [6, 6.07) is -0.295. The molecule has 1 aliphatic heterocycles. The van der Waals surface area contributed by atoms with Gasteiger partial charge in [0.05, 0.1) is 24.8 Å². The fourth-order valence-electron chi connectivity index (χ4n) is 2.14. The van der Waals surface area contributed by atoms with Crippen molar-refractivity contribution in [1.29, 1.82) is 0 Å². The predicted molar refractivity (Wildman–Crippen MR) is 85.6 cm³/mol. The Balaban J connectivity index is 2.42. The van der Waals surface area contributed by atoms with E-state index in [-0.39, 0.29) is 18.7 Å². The molecule has 4 atom stereocenters. The van der Waals surface area contributed by atoms with Crippen molar-refractivity contribution in [3.63, 3.8) is 0 Å². The van der Waals surface area contributed by atoms with Gasteiger partial charge in [-0.25, -0.2) is 4.57 Å². The SMILES string of the molecule is B[C@@H]1O[C@H](COP(=O)(O)O)C[C@H]1OP(O)(=S)CCCCC.